The molecule has 0 aliphatic carbocycles. The third-order valence-electron chi connectivity index (χ3n) is 4.28. The summed E-state index contributed by atoms with van der Waals surface area (Å²) in [4.78, 5) is 13.1. The molecule has 1 atom stereocenters. The first-order valence-electron chi connectivity index (χ1n) is 7.75. The highest BCUT2D eigenvalue weighted by Gasteiger charge is 2.34. The lowest BCUT2D eigenvalue weighted by molar-refractivity contribution is 0.0710. The molecule has 1 aliphatic rings. The highest BCUT2D eigenvalue weighted by Crippen LogP contribution is 2.35. The van der Waals surface area contributed by atoms with Gasteiger partial charge in [-0.15, -0.1) is 0 Å². The van der Waals surface area contributed by atoms with Crippen molar-refractivity contribution < 1.29 is 4.79 Å². The number of thiophene rings is 2. The number of carbonyl (C=O) groups is 1. The summed E-state index contributed by atoms with van der Waals surface area (Å²) in [5.74, 6) is -0.0328. The van der Waals surface area contributed by atoms with Crippen LogP contribution in [0.3, 0.4) is 0 Å². The molecule has 0 saturated carbocycles. The second-order valence-electron chi connectivity index (χ2n) is 5.80. The van der Waals surface area contributed by atoms with Gasteiger partial charge in [0.25, 0.3) is 5.91 Å². The maximum atomic E-state index is 13.1. The van der Waals surface area contributed by atoms with Gasteiger partial charge in [-0.25, -0.2) is 5.01 Å². The van der Waals surface area contributed by atoms with Crippen LogP contribution in [0.2, 0.25) is 0 Å². The lowest BCUT2D eigenvalue weighted by atomic mass is 10.0. The van der Waals surface area contributed by atoms with E-state index in [1.54, 1.807) is 27.7 Å². The van der Waals surface area contributed by atoms with Crippen molar-refractivity contribution in [2.24, 2.45) is 5.10 Å². The SMILES string of the molecule is Cc1ccccc1C(=O)N1N=C(c2ccsc2)CC1c1ccsc1. The Morgan fingerprint density at radius 2 is 1.92 bits per heavy atom. The van der Waals surface area contributed by atoms with E-state index in [9.17, 15) is 4.79 Å². The van der Waals surface area contributed by atoms with Crippen LogP contribution >= 0.6 is 22.7 Å². The molecular formula is C19H16N2OS2. The number of hydrazone groups is 1. The summed E-state index contributed by atoms with van der Waals surface area (Å²) < 4.78 is 0. The zero-order valence-electron chi connectivity index (χ0n) is 13.2. The van der Waals surface area contributed by atoms with Crippen LogP contribution in [0.4, 0.5) is 0 Å². The fourth-order valence-electron chi connectivity index (χ4n) is 2.96. The first-order valence-corrected chi connectivity index (χ1v) is 9.64. The van der Waals surface area contributed by atoms with Crippen LogP contribution < -0.4 is 0 Å². The fourth-order valence-corrected chi connectivity index (χ4v) is 4.33. The molecule has 1 aliphatic heterocycles. The highest BCUT2D eigenvalue weighted by atomic mass is 32.1. The molecule has 0 spiro atoms. The van der Waals surface area contributed by atoms with E-state index in [0.717, 1.165) is 28.8 Å². The Balaban J connectivity index is 1.74. The first kappa shape index (κ1) is 15.3. The molecule has 0 fully saturated rings. The zero-order valence-corrected chi connectivity index (χ0v) is 14.8. The van der Waals surface area contributed by atoms with Crippen molar-refractivity contribution >= 4 is 34.3 Å². The van der Waals surface area contributed by atoms with E-state index in [4.69, 9.17) is 5.10 Å². The van der Waals surface area contributed by atoms with Crippen LogP contribution in [-0.2, 0) is 0 Å². The van der Waals surface area contributed by atoms with Crippen molar-refractivity contribution in [3.63, 3.8) is 0 Å². The Morgan fingerprint density at radius 1 is 1.12 bits per heavy atom. The van der Waals surface area contributed by atoms with Crippen molar-refractivity contribution in [2.45, 2.75) is 19.4 Å². The number of hydrogen-bond donors (Lipinski definition) is 0. The molecule has 24 heavy (non-hydrogen) atoms. The number of benzene rings is 1. The average molecular weight is 352 g/mol. The van der Waals surface area contributed by atoms with E-state index in [1.807, 2.05) is 41.9 Å². The van der Waals surface area contributed by atoms with E-state index in [-0.39, 0.29) is 11.9 Å². The Kier molecular flexibility index (Phi) is 4.04. The molecule has 2 aromatic heterocycles. The van der Waals surface area contributed by atoms with E-state index >= 15 is 0 Å². The molecule has 0 N–H and O–H groups in total. The molecule has 1 unspecified atom stereocenters. The van der Waals surface area contributed by atoms with Gasteiger partial charge < -0.3 is 0 Å². The Bertz CT molecular complexity index is 882. The highest BCUT2D eigenvalue weighted by molar-refractivity contribution is 7.08. The monoisotopic (exact) mass is 352 g/mol. The lowest BCUT2D eigenvalue weighted by Crippen LogP contribution is -2.27. The summed E-state index contributed by atoms with van der Waals surface area (Å²) in [5, 5.41) is 14.7. The second kappa shape index (κ2) is 6.34. The third-order valence-corrected chi connectivity index (χ3v) is 5.66. The molecule has 5 heteroatoms. The van der Waals surface area contributed by atoms with Crippen molar-refractivity contribution in [1.82, 2.24) is 5.01 Å². The van der Waals surface area contributed by atoms with Gasteiger partial charge in [0.1, 0.15) is 0 Å². The Hall–Kier alpha value is -2.24. The van der Waals surface area contributed by atoms with Crippen LogP contribution in [0, 0.1) is 6.92 Å². The topological polar surface area (TPSA) is 32.7 Å². The Labute approximate surface area is 148 Å². The smallest absolute Gasteiger partial charge is 0.267 e. The van der Waals surface area contributed by atoms with Gasteiger partial charge in [-0.05, 0) is 57.8 Å². The van der Waals surface area contributed by atoms with Gasteiger partial charge in [0.2, 0.25) is 0 Å². The predicted octanol–water partition coefficient (Wildman–Crippen LogP) is 5.11. The summed E-state index contributed by atoms with van der Waals surface area (Å²) >= 11 is 3.30. The minimum Gasteiger partial charge on any atom is -0.267 e. The minimum atomic E-state index is -0.0328. The molecule has 3 nitrogen and oxygen atoms in total. The molecular weight excluding hydrogens is 336 g/mol. The number of nitrogens with zero attached hydrogens (tertiary/aromatic N) is 2. The fraction of sp³-hybridized carbons (Fsp3) is 0.158. The van der Waals surface area contributed by atoms with E-state index in [0.29, 0.717) is 5.56 Å². The maximum absolute atomic E-state index is 13.1. The van der Waals surface area contributed by atoms with Crippen LogP contribution in [0.5, 0.6) is 0 Å². The maximum Gasteiger partial charge on any atom is 0.274 e. The van der Waals surface area contributed by atoms with E-state index in [1.165, 1.54) is 0 Å². The second-order valence-corrected chi connectivity index (χ2v) is 7.36. The van der Waals surface area contributed by atoms with E-state index < -0.39 is 0 Å². The molecule has 1 aromatic carbocycles. The van der Waals surface area contributed by atoms with Gasteiger partial charge in [-0.1, -0.05) is 18.2 Å². The third kappa shape index (κ3) is 2.70. The predicted molar refractivity (Wildman–Crippen MR) is 99.9 cm³/mol. The van der Waals surface area contributed by atoms with Crippen LogP contribution in [0.25, 0.3) is 0 Å². The van der Waals surface area contributed by atoms with Gasteiger partial charge in [-0.3, -0.25) is 4.79 Å². The molecule has 120 valence electrons. The Morgan fingerprint density at radius 3 is 2.62 bits per heavy atom. The standard InChI is InChI=1S/C19H16N2OS2/c1-13-4-2-3-5-16(13)19(22)21-18(15-7-9-24-12-15)10-17(20-21)14-6-8-23-11-14/h2-9,11-12,18H,10H2,1H3. The quantitative estimate of drug-likeness (QED) is 0.645. The molecule has 3 heterocycles. The summed E-state index contributed by atoms with van der Waals surface area (Å²) in [6.07, 6.45) is 0.755. The van der Waals surface area contributed by atoms with Crippen molar-refractivity contribution in [1.29, 1.82) is 0 Å². The van der Waals surface area contributed by atoms with Gasteiger partial charge in [0, 0.05) is 17.5 Å². The molecule has 3 aromatic rings. The van der Waals surface area contributed by atoms with Gasteiger partial charge in [-0.2, -0.15) is 27.8 Å². The van der Waals surface area contributed by atoms with Crippen LogP contribution in [0.15, 0.2) is 63.0 Å². The summed E-state index contributed by atoms with van der Waals surface area (Å²) in [6, 6.07) is 11.8. The van der Waals surface area contributed by atoms with Gasteiger partial charge in [0.05, 0.1) is 11.8 Å². The minimum absolute atomic E-state index is 0.0294. The average Bonchev–Trinajstić information content (AvgIpc) is 3.33. The molecule has 1 amide bonds. The van der Waals surface area contributed by atoms with Crippen LogP contribution in [-0.4, -0.2) is 16.6 Å². The largest absolute Gasteiger partial charge is 0.274 e. The summed E-state index contributed by atoms with van der Waals surface area (Å²) in [6.45, 7) is 1.96. The van der Waals surface area contributed by atoms with Gasteiger partial charge in [0.15, 0.2) is 0 Å². The summed E-state index contributed by atoms with van der Waals surface area (Å²) in [5.41, 5.74) is 4.93. The number of aryl methyl sites for hydroxylation is 1. The summed E-state index contributed by atoms with van der Waals surface area (Å²) in [7, 11) is 0. The number of hydrogen-bond acceptors (Lipinski definition) is 4. The molecule has 0 bridgehead atoms. The van der Waals surface area contributed by atoms with Gasteiger partial charge >= 0.3 is 0 Å². The zero-order chi connectivity index (χ0) is 16.5. The number of rotatable bonds is 3. The normalized spacial score (nSPS) is 17.1. The first-order chi connectivity index (χ1) is 11.7. The molecule has 0 radical (unpaired) electrons. The lowest BCUT2D eigenvalue weighted by Gasteiger charge is -2.21. The van der Waals surface area contributed by atoms with Crippen molar-refractivity contribution in [3.8, 4) is 0 Å². The number of amides is 1. The van der Waals surface area contributed by atoms with E-state index in [2.05, 4.69) is 22.9 Å². The number of carbonyl (C=O) groups excluding carboxylic acids is 1. The molecule has 4 rings (SSSR count). The van der Waals surface area contributed by atoms with Crippen molar-refractivity contribution in [2.75, 3.05) is 0 Å². The molecule has 0 saturated heterocycles. The van der Waals surface area contributed by atoms with Crippen LogP contribution in [0.1, 0.15) is 39.5 Å². The van der Waals surface area contributed by atoms with Crippen molar-refractivity contribution in [3.05, 3.63) is 80.2 Å².